The van der Waals surface area contributed by atoms with Gasteiger partial charge >= 0.3 is 6.36 Å². The van der Waals surface area contributed by atoms with Gasteiger partial charge in [0.25, 0.3) is 0 Å². The van der Waals surface area contributed by atoms with Crippen molar-refractivity contribution in [2.75, 3.05) is 27.2 Å². The second-order valence-corrected chi connectivity index (χ2v) is 6.12. The maximum absolute atomic E-state index is 12.3. The Morgan fingerprint density at radius 2 is 2.07 bits per heavy atom. The minimum Gasteiger partial charge on any atom is -0.455 e. The average molecular weight is 400 g/mol. The highest BCUT2D eigenvalue weighted by Gasteiger charge is 2.31. The van der Waals surface area contributed by atoms with Gasteiger partial charge in [-0.3, -0.25) is 5.43 Å². The van der Waals surface area contributed by atoms with Crippen LogP contribution in [0.25, 0.3) is 11.3 Å². The predicted molar refractivity (Wildman–Crippen MR) is 101 cm³/mol. The minimum absolute atomic E-state index is 0.317. The van der Waals surface area contributed by atoms with Crippen molar-refractivity contribution in [2.45, 2.75) is 6.36 Å². The van der Waals surface area contributed by atoms with E-state index in [0.29, 0.717) is 28.7 Å². The number of ether oxygens (including phenoxy) is 1. The number of hydrogen-bond acceptors (Lipinski definition) is 5. The average Bonchev–Trinajstić information content (AvgIpc) is 3.02. The van der Waals surface area contributed by atoms with Gasteiger partial charge in [-0.15, -0.1) is 13.2 Å². The Morgan fingerprint density at radius 1 is 1.30 bits per heavy atom. The number of nitrogens with zero attached hydrogens (tertiary/aromatic N) is 2. The third-order valence-electron chi connectivity index (χ3n) is 3.18. The van der Waals surface area contributed by atoms with Gasteiger partial charge in [0.1, 0.15) is 17.3 Å². The Bertz CT molecular complexity index is 790. The highest BCUT2D eigenvalue weighted by atomic mass is 32.1. The quantitative estimate of drug-likeness (QED) is 0.423. The van der Waals surface area contributed by atoms with E-state index in [2.05, 4.69) is 20.6 Å². The second-order valence-electron chi connectivity index (χ2n) is 5.71. The maximum Gasteiger partial charge on any atom is 0.573 e. The smallest absolute Gasteiger partial charge is 0.455 e. The molecule has 0 saturated carbocycles. The van der Waals surface area contributed by atoms with Gasteiger partial charge in [-0.25, -0.2) is 0 Å². The molecule has 0 radical (unpaired) electrons. The first-order valence-electron chi connectivity index (χ1n) is 7.90. The Kier molecular flexibility index (Phi) is 7.19. The van der Waals surface area contributed by atoms with E-state index in [0.717, 1.165) is 6.54 Å². The normalized spacial score (nSPS) is 11.8. The molecule has 0 aliphatic heterocycles. The standard InChI is InChI=1S/C17H19F3N4O2S/c1-24(2)9-8-21-16(27)23-22-11-14-6-7-15(25-14)12-4-3-5-13(10-12)26-17(18,19)20/h3-7,10-11H,8-9H2,1-2H3,(H2,21,23,27). The summed E-state index contributed by atoms with van der Waals surface area (Å²) in [6.45, 7) is 1.50. The zero-order valence-corrected chi connectivity index (χ0v) is 15.5. The molecule has 2 rings (SSSR count). The van der Waals surface area contributed by atoms with Gasteiger partial charge in [-0.05, 0) is 50.6 Å². The third kappa shape index (κ3) is 7.67. The van der Waals surface area contributed by atoms with Crippen molar-refractivity contribution in [3.05, 3.63) is 42.2 Å². The number of rotatable bonds is 7. The van der Waals surface area contributed by atoms with Crippen molar-refractivity contribution in [1.29, 1.82) is 0 Å². The lowest BCUT2D eigenvalue weighted by atomic mass is 10.2. The zero-order chi connectivity index (χ0) is 19.9. The van der Waals surface area contributed by atoms with Crippen LogP contribution in [0.15, 0.2) is 45.9 Å². The predicted octanol–water partition coefficient (Wildman–Crippen LogP) is 3.20. The van der Waals surface area contributed by atoms with Gasteiger partial charge in [0.15, 0.2) is 5.11 Å². The fraction of sp³-hybridized carbons (Fsp3) is 0.294. The largest absolute Gasteiger partial charge is 0.573 e. The van der Waals surface area contributed by atoms with E-state index in [1.165, 1.54) is 24.4 Å². The summed E-state index contributed by atoms with van der Waals surface area (Å²) in [6.07, 6.45) is -3.33. The van der Waals surface area contributed by atoms with E-state index in [1.807, 2.05) is 19.0 Å². The fourth-order valence-electron chi connectivity index (χ4n) is 2.01. The lowest BCUT2D eigenvalue weighted by molar-refractivity contribution is -0.274. The van der Waals surface area contributed by atoms with E-state index in [-0.39, 0.29) is 5.75 Å². The summed E-state index contributed by atoms with van der Waals surface area (Å²) < 4.78 is 46.4. The van der Waals surface area contributed by atoms with Crippen LogP contribution in [0.5, 0.6) is 5.75 Å². The van der Waals surface area contributed by atoms with Crippen LogP contribution in [0.4, 0.5) is 13.2 Å². The number of benzene rings is 1. The maximum atomic E-state index is 12.3. The number of halogens is 3. The van der Waals surface area contributed by atoms with Gasteiger partial charge in [0.2, 0.25) is 0 Å². The first kappa shape index (κ1) is 20.7. The van der Waals surface area contributed by atoms with Crippen LogP contribution in [0.1, 0.15) is 5.76 Å². The molecule has 0 spiro atoms. The molecule has 146 valence electrons. The lowest BCUT2D eigenvalue weighted by Crippen LogP contribution is -2.36. The molecule has 2 N–H and O–H groups in total. The van der Waals surface area contributed by atoms with Gasteiger partial charge in [0, 0.05) is 18.7 Å². The summed E-state index contributed by atoms with van der Waals surface area (Å²) in [6, 6.07) is 8.80. The monoisotopic (exact) mass is 400 g/mol. The van der Waals surface area contributed by atoms with Crippen molar-refractivity contribution in [3.63, 3.8) is 0 Å². The van der Waals surface area contributed by atoms with E-state index in [4.69, 9.17) is 16.6 Å². The number of nitrogens with one attached hydrogen (secondary N) is 2. The zero-order valence-electron chi connectivity index (χ0n) is 14.7. The van der Waals surface area contributed by atoms with Crippen molar-refractivity contribution in [3.8, 4) is 17.1 Å². The molecule has 0 saturated heterocycles. The molecular formula is C17H19F3N4O2S. The molecule has 27 heavy (non-hydrogen) atoms. The topological polar surface area (TPSA) is 62.0 Å². The van der Waals surface area contributed by atoms with Crippen LogP contribution < -0.4 is 15.5 Å². The molecule has 0 aliphatic rings. The highest BCUT2D eigenvalue weighted by Crippen LogP contribution is 2.28. The van der Waals surface area contributed by atoms with Gasteiger partial charge in [-0.2, -0.15) is 5.10 Å². The van der Waals surface area contributed by atoms with Crippen molar-refractivity contribution < 1.29 is 22.3 Å². The summed E-state index contributed by atoms with van der Waals surface area (Å²) in [5.74, 6) is 0.480. The summed E-state index contributed by atoms with van der Waals surface area (Å²) in [5.41, 5.74) is 3.10. The Balaban J connectivity index is 1.93. The number of hydrogen-bond donors (Lipinski definition) is 2. The van der Waals surface area contributed by atoms with Crippen LogP contribution in [0, 0.1) is 0 Å². The van der Waals surface area contributed by atoms with Crippen molar-refractivity contribution >= 4 is 23.5 Å². The Morgan fingerprint density at radius 3 is 2.78 bits per heavy atom. The molecule has 0 fully saturated rings. The van der Waals surface area contributed by atoms with E-state index in [1.54, 1.807) is 18.2 Å². The minimum atomic E-state index is -4.75. The summed E-state index contributed by atoms with van der Waals surface area (Å²) in [7, 11) is 3.91. The molecule has 0 bridgehead atoms. The number of hydrazone groups is 1. The number of furan rings is 1. The highest BCUT2D eigenvalue weighted by molar-refractivity contribution is 7.80. The van der Waals surface area contributed by atoms with Crippen LogP contribution in [-0.2, 0) is 0 Å². The molecule has 0 atom stereocenters. The van der Waals surface area contributed by atoms with Crippen LogP contribution in [0.2, 0.25) is 0 Å². The summed E-state index contributed by atoms with van der Waals surface area (Å²) in [5, 5.41) is 7.31. The molecule has 1 aromatic heterocycles. The first-order chi connectivity index (χ1) is 12.7. The summed E-state index contributed by atoms with van der Waals surface area (Å²) in [4.78, 5) is 2.01. The van der Waals surface area contributed by atoms with Crippen molar-refractivity contribution in [2.24, 2.45) is 5.10 Å². The van der Waals surface area contributed by atoms with E-state index < -0.39 is 6.36 Å². The van der Waals surface area contributed by atoms with Crippen LogP contribution in [0.3, 0.4) is 0 Å². The molecule has 0 amide bonds. The van der Waals surface area contributed by atoms with Gasteiger partial charge in [-0.1, -0.05) is 12.1 Å². The van der Waals surface area contributed by atoms with Crippen LogP contribution in [-0.4, -0.2) is 49.8 Å². The molecule has 6 nitrogen and oxygen atoms in total. The Labute approximate surface area is 160 Å². The number of likely N-dealkylation sites (N-methyl/N-ethyl adjacent to an activating group) is 1. The molecule has 10 heteroatoms. The Hall–Kier alpha value is -2.59. The summed E-state index contributed by atoms with van der Waals surface area (Å²) >= 11 is 5.07. The van der Waals surface area contributed by atoms with Crippen molar-refractivity contribution in [1.82, 2.24) is 15.6 Å². The number of thiocarbonyl (C=S) groups is 1. The van der Waals surface area contributed by atoms with Gasteiger partial charge in [0.05, 0.1) is 6.21 Å². The molecule has 1 aromatic carbocycles. The lowest BCUT2D eigenvalue weighted by Gasteiger charge is -2.11. The SMILES string of the molecule is CN(C)CCNC(=S)NN=Cc1ccc(-c2cccc(OC(F)(F)F)c2)o1. The van der Waals surface area contributed by atoms with E-state index >= 15 is 0 Å². The molecular weight excluding hydrogens is 381 g/mol. The van der Waals surface area contributed by atoms with E-state index in [9.17, 15) is 13.2 Å². The molecule has 0 aliphatic carbocycles. The molecule has 2 aromatic rings. The number of alkyl halides is 3. The molecule has 1 heterocycles. The fourth-order valence-corrected chi connectivity index (χ4v) is 2.17. The third-order valence-corrected chi connectivity index (χ3v) is 3.42. The first-order valence-corrected chi connectivity index (χ1v) is 8.31. The van der Waals surface area contributed by atoms with Gasteiger partial charge < -0.3 is 19.4 Å². The van der Waals surface area contributed by atoms with Crippen LogP contribution >= 0.6 is 12.2 Å². The second kappa shape index (κ2) is 9.38. The molecule has 0 unspecified atom stereocenters.